The van der Waals surface area contributed by atoms with Crippen molar-refractivity contribution in [2.75, 3.05) is 0 Å². The summed E-state index contributed by atoms with van der Waals surface area (Å²) in [6.07, 6.45) is 0.187. The molecule has 0 radical (unpaired) electrons. The van der Waals surface area contributed by atoms with Gasteiger partial charge in [-0.1, -0.05) is 28.1 Å². The molecule has 1 unspecified atom stereocenters. The van der Waals surface area contributed by atoms with Gasteiger partial charge in [-0.2, -0.15) is 0 Å². The Morgan fingerprint density at radius 3 is 2.67 bits per heavy atom. The summed E-state index contributed by atoms with van der Waals surface area (Å²) in [6, 6.07) is 5.37. The third kappa shape index (κ3) is 4.87. The molecule has 0 saturated heterocycles. The molecule has 0 aliphatic carbocycles. The van der Waals surface area contributed by atoms with E-state index in [0.29, 0.717) is 0 Å². The molecule has 1 aromatic rings. The second-order valence-corrected chi connectivity index (χ2v) is 5.18. The van der Waals surface area contributed by atoms with Crippen LogP contribution >= 0.6 is 15.9 Å². The highest BCUT2D eigenvalue weighted by molar-refractivity contribution is 9.10. The Labute approximate surface area is 115 Å². The zero-order chi connectivity index (χ0) is 13.7. The second kappa shape index (κ2) is 6.54. The summed E-state index contributed by atoms with van der Waals surface area (Å²) in [7, 11) is 0. The molecule has 0 heterocycles. The van der Waals surface area contributed by atoms with Crippen molar-refractivity contribution >= 4 is 27.8 Å². The van der Waals surface area contributed by atoms with Crippen LogP contribution in [0, 0.1) is 6.92 Å². The minimum Gasteiger partial charge on any atom is -0.481 e. The maximum Gasteiger partial charge on any atom is 0.305 e. The van der Waals surface area contributed by atoms with E-state index in [0.717, 1.165) is 15.6 Å². The number of hydrogen-bond acceptors (Lipinski definition) is 2. The van der Waals surface area contributed by atoms with Crippen LogP contribution in [0.2, 0.25) is 0 Å². The van der Waals surface area contributed by atoms with Gasteiger partial charge in [0.2, 0.25) is 5.91 Å². The molecular formula is C13H16BrNO3. The van der Waals surface area contributed by atoms with Crippen molar-refractivity contribution in [3.63, 3.8) is 0 Å². The Bertz CT molecular complexity index is 460. The first-order valence-corrected chi connectivity index (χ1v) is 6.44. The van der Waals surface area contributed by atoms with Gasteiger partial charge in [0, 0.05) is 10.5 Å². The molecule has 0 fully saturated rings. The topological polar surface area (TPSA) is 66.4 Å². The highest BCUT2D eigenvalue weighted by Crippen LogP contribution is 2.17. The fraction of sp³-hybridized carbons (Fsp3) is 0.385. The largest absolute Gasteiger partial charge is 0.481 e. The van der Waals surface area contributed by atoms with Crippen LogP contribution in [0.25, 0.3) is 0 Å². The van der Waals surface area contributed by atoms with Crippen LogP contribution in [0.1, 0.15) is 24.5 Å². The SMILES string of the molecule is Cc1ccc(CC(=O)NC(C)CC(=O)O)cc1Br. The monoisotopic (exact) mass is 313 g/mol. The Kier molecular flexibility index (Phi) is 5.34. The molecule has 4 nitrogen and oxygen atoms in total. The molecule has 0 spiro atoms. The van der Waals surface area contributed by atoms with Gasteiger partial charge >= 0.3 is 5.97 Å². The number of carbonyl (C=O) groups excluding carboxylic acids is 1. The number of rotatable bonds is 5. The first-order chi connectivity index (χ1) is 8.38. The molecule has 2 N–H and O–H groups in total. The van der Waals surface area contributed by atoms with Gasteiger partial charge in [0.25, 0.3) is 0 Å². The molecule has 1 rings (SSSR count). The lowest BCUT2D eigenvalue weighted by Crippen LogP contribution is -2.35. The van der Waals surface area contributed by atoms with Crippen LogP contribution in [0.4, 0.5) is 0 Å². The van der Waals surface area contributed by atoms with E-state index >= 15 is 0 Å². The maximum absolute atomic E-state index is 11.7. The van der Waals surface area contributed by atoms with Gasteiger partial charge in [-0.25, -0.2) is 0 Å². The van der Waals surface area contributed by atoms with E-state index in [1.165, 1.54) is 0 Å². The van der Waals surface area contributed by atoms with Crippen molar-refractivity contribution in [2.45, 2.75) is 32.7 Å². The van der Waals surface area contributed by atoms with Gasteiger partial charge in [0.15, 0.2) is 0 Å². The standard InChI is InChI=1S/C13H16BrNO3/c1-8-3-4-10(6-11(8)14)7-12(16)15-9(2)5-13(17)18/h3-4,6,9H,5,7H2,1-2H3,(H,15,16)(H,17,18). The molecule has 0 bridgehead atoms. The number of aliphatic carboxylic acids is 1. The molecule has 5 heteroatoms. The molecule has 0 aliphatic rings. The highest BCUT2D eigenvalue weighted by atomic mass is 79.9. The highest BCUT2D eigenvalue weighted by Gasteiger charge is 2.11. The number of benzene rings is 1. The lowest BCUT2D eigenvalue weighted by Gasteiger charge is -2.11. The van der Waals surface area contributed by atoms with E-state index in [9.17, 15) is 9.59 Å². The van der Waals surface area contributed by atoms with Crippen molar-refractivity contribution in [1.29, 1.82) is 0 Å². The summed E-state index contributed by atoms with van der Waals surface area (Å²) in [4.78, 5) is 22.2. The van der Waals surface area contributed by atoms with Crippen molar-refractivity contribution in [3.8, 4) is 0 Å². The van der Waals surface area contributed by atoms with Crippen molar-refractivity contribution in [2.24, 2.45) is 0 Å². The Balaban J connectivity index is 2.54. The van der Waals surface area contributed by atoms with Gasteiger partial charge in [-0.15, -0.1) is 0 Å². The number of carboxylic acids is 1. The van der Waals surface area contributed by atoms with E-state index in [4.69, 9.17) is 5.11 Å². The summed E-state index contributed by atoms with van der Waals surface area (Å²) in [5.74, 6) is -1.08. The van der Waals surface area contributed by atoms with Gasteiger partial charge in [-0.05, 0) is 31.0 Å². The predicted molar refractivity (Wildman–Crippen MR) is 72.4 cm³/mol. The molecule has 1 amide bonds. The molecule has 18 heavy (non-hydrogen) atoms. The van der Waals surface area contributed by atoms with Gasteiger partial charge in [0.1, 0.15) is 0 Å². The van der Waals surface area contributed by atoms with E-state index in [1.807, 2.05) is 25.1 Å². The van der Waals surface area contributed by atoms with Crippen LogP contribution in [-0.4, -0.2) is 23.0 Å². The summed E-state index contributed by atoms with van der Waals surface area (Å²) < 4.78 is 0.964. The normalized spacial score (nSPS) is 11.9. The third-order valence-corrected chi connectivity index (χ3v) is 3.34. The van der Waals surface area contributed by atoms with Gasteiger partial charge in [0.05, 0.1) is 12.8 Å². The van der Waals surface area contributed by atoms with Crippen LogP contribution < -0.4 is 5.32 Å². The predicted octanol–water partition coefficient (Wildman–Crippen LogP) is 2.28. The summed E-state index contributed by atoms with van der Waals surface area (Å²) in [5, 5.41) is 11.3. The minimum atomic E-state index is -0.916. The smallest absolute Gasteiger partial charge is 0.305 e. The fourth-order valence-electron chi connectivity index (χ4n) is 1.57. The second-order valence-electron chi connectivity index (χ2n) is 4.33. The maximum atomic E-state index is 11.7. The number of aryl methyl sites for hydroxylation is 1. The molecule has 1 aromatic carbocycles. The van der Waals surface area contributed by atoms with E-state index < -0.39 is 5.97 Å². The van der Waals surface area contributed by atoms with Crippen molar-refractivity contribution < 1.29 is 14.7 Å². The van der Waals surface area contributed by atoms with Gasteiger partial charge in [-0.3, -0.25) is 9.59 Å². The third-order valence-electron chi connectivity index (χ3n) is 2.49. The van der Waals surface area contributed by atoms with Crippen molar-refractivity contribution in [1.82, 2.24) is 5.32 Å². The average molecular weight is 314 g/mol. The van der Waals surface area contributed by atoms with E-state index in [-0.39, 0.29) is 24.8 Å². The quantitative estimate of drug-likeness (QED) is 0.876. The molecular weight excluding hydrogens is 298 g/mol. The van der Waals surface area contributed by atoms with E-state index in [2.05, 4.69) is 21.2 Å². The number of amides is 1. The number of hydrogen-bond donors (Lipinski definition) is 2. The van der Waals surface area contributed by atoms with Crippen LogP contribution in [0.3, 0.4) is 0 Å². The lowest BCUT2D eigenvalue weighted by molar-refractivity contribution is -0.137. The van der Waals surface area contributed by atoms with Crippen LogP contribution in [-0.2, 0) is 16.0 Å². The van der Waals surface area contributed by atoms with Crippen LogP contribution in [0.15, 0.2) is 22.7 Å². The number of nitrogens with one attached hydrogen (secondary N) is 1. The van der Waals surface area contributed by atoms with E-state index in [1.54, 1.807) is 6.92 Å². The number of halogens is 1. The summed E-state index contributed by atoms with van der Waals surface area (Å²) in [6.45, 7) is 3.65. The molecule has 1 atom stereocenters. The molecule has 0 aromatic heterocycles. The molecule has 0 saturated carbocycles. The fourth-order valence-corrected chi connectivity index (χ4v) is 2.00. The summed E-state index contributed by atoms with van der Waals surface area (Å²) in [5.41, 5.74) is 2.01. The Morgan fingerprint density at radius 1 is 1.44 bits per heavy atom. The Hall–Kier alpha value is -1.36. The summed E-state index contributed by atoms with van der Waals surface area (Å²) >= 11 is 3.41. The zero-order valence-electron chi connectivity index (χ0n) is 10.4. The minimum absolute atomic E-state index is 0.0661. The van der Waals surface area contributed by atoms with Crippen molar-refractivity contribution in [3.05, 3.63) is 33.8 Å². The number of carbonyl (C=O) groups is 2. The first-order valence-electron chi connectivity index (χ1n) is 5.64. The first kappa shape index (κ1) is 14.7. The van der Waals surface area contributed by atoms with Gasteiger partial charge < -0.3 is 10.4 Å². The van der Waals surface area contributed by atoms with Crippen LogP contribution in [0.5, 0.6) is 0 Å². The lowest BCUT2D eigenvalue weighted by atomic mass is 10.1. The number of carboxylic acid groups (broad SMARTS) is 1. The molecule has 0 aliphatic heterocycles. The average Bonchev–Trinajstić information content (AvgIpc) is 2.21. The molecule has 98 valence electrons. The zero-order valence-corrected chi connectivity index (χ0v) is 12.0. The Morgan fingerprint density at radius 2 is 2.11 bits per heavy atom.